The summed E-state index contributed by atoms with van der Waals surface area (Å²) in [5.41, 5.74) is 2.28. The van der Waals surface area contributed by atoms with Gasteiger partial charge in [-0.05, 0) is 48.5 Å². The Hall–Kier alpha value is -3.39. The number of nitrogens with one attached hydrogen (secondary N) is 1. The Morgan fingerprint density at radius 3 is 2.29 bits per heavy atom. The highest BCUT2D eigenvalue weighted by Gasteiger charge is 2.12. The number of Topliss-reactive ketones (excluding diaryl/α,β-unsaturated/α-hetero) is 1. The Balaban J connectivity index is 1.38. The van der Waals surface area contributed by atoms with Crippen LogP contribution < -0.4 is 15.0 Å². The highest BCUT2D eigenvalue weighted by atomic mass is 16.6. The van der Waals surface area contributed by atoms with Crippen LogP contribution in [0.5, 0.6) is 5.75 Å². The highest BCUT2D eigenvalue weighted by molar-refractivity contribution is 5.96. The highest BCUT2D eigenvalue weighted by Crippen LogP contribution is 2.19. The first-order chi connectivity index (χ1) is 15.0. The number of rotatable bonds is 9. The van der Waals surface area contributed by atoms with Crippen molar-refractivity contribution in [3.63, 3.8) is 0 Å². The van der Waals surface area contributed by atoms with Crippen LogP contribution in [0.1, 0.15) is 23.7 Å². The molecule has 0 saturated carbocycles. The molecule has 8 nitrogen and oxygen atoms in total. The molecule has 2 aromatic rings. The van der Waals surface area contributed by atoms with Crippen LogP contribution in [0.3, 0.4) is 0 Å². The second-order valence-corrected chi connectivity index (χ2v) is 6.94. The van der Waals surface area contributed by atoms with E-state index in [1.807, 2.05) is 12.1 Å². The van der Waals surface area contributed by atoms with Gasteiger partial charge in [0, 0.05) is 36.4 Å². The molecule has 0 aromatic heterocycles. The maximum absolute atomic E-state index is 12.0. The number of nitrogens with zero attached hydrogens (tertiary/aromatic N) is 1. The van der Waals surface area contributed by atoms with Crippen molar-refractivity contribution in [1.29, 1.82) is 0 Å². The van der Waals surface area contributed by atoms with Crippen LogP contribution >= 0.6 is 0 Å². The number of morpholine rings is 1. The largest absolute Gasteiger partial charge is 0.482 e. The number of carbonyl (C=O) groups is 3. The van der Waals surface area contributed by atoms with Gasteiger partial charge in [0.25, 0.3) is 5.91 Å². The molecule has 1 fully saturated rings. The van der Waals surface area contributed by atoms with Crippen molar-refractivity contribution in [2.24, 2.45) is 0 Å². The zero-order valence-electron chi connectivity index (χ0n) is 17.5. The SMILES string of the molecule is CCC(=O)c1ccc(OCC(=O)OCC(=O)Nc2ccc(N3CCOCC3)cc2)cc1. The van der Waals surface area contributed by atoms with Gasteiger partial charge in [-0.25, -0.2) is 4.79 Å². The third kappa shape index (κ3) is 6.82. The Morgan fingerprint density at radius 1 is 0.968 bits per heavy atom. The van der Waals surface area contributed by atoms with Crippen LogP contribution in [0.15, 0.2) is 48.5 Å². The second-order valence-electron chi connectivity index (χ2n) is 6.94. The fraction of sp³-hybridized carbons (Fsp3) is 0.348. The molecule has 0 unspecified atom stereocenters. The van der Waals surface area contributed by atoms with Crippen molar-refractivity contribution < 1.29 is 28.6 Å². The molecule has 3 rings (SSSR count). The Bertz CT molecular complexity index is 889. The van der Waals surface area contributed by atoms with E-state index in [0.29, 0.717) is 36.6 Å². The van der Waals surface area contributed by atoms with E-state index in [1.165, 1.54) is 0 Å². The Morgan fingerprint density at radius 2 is 1.65 bits per heavy atom. The molecule has 0 bridgehead atoms. The van der Waals surface area contributed by atoms with Crippen molar-refractivity contribution in [1.82, 2.24) is 0 Å². The van der Waals surface area contributed by atoms with Gasteiger partial charge in [-0.1, -0.05) is 6.92 Å². The molecule has 1 saturated heterocycles. The standard InChI is InChI=1S/C23H26N2O6/c1-2-21(26)17-3-9-20(10-4-17)30-16-23(28)31-15-22(27)24-18-5-7-19(8-6-18)25-11-13-29-14-12-25/h3-10H,2,11-16H2,1H3,(H,24,27). The van der Waals surface area contributed by atoms with E-state index in [2.05, 4.69) is 10.2 Å². The number of hydrogen-bond donors (Lipinski definition) is 1. The van der Waals surface area contributed by atoms with Gasteiger partial charge in [0.2, 0.25) is 0 Å². The van der Waals surface area contributed by atoms with E-state index in [9.17, 15) is 14.4 Å². The molecule has 0 aliphatic carbocycles. The summed E-state index contributed by atoms with van der Waals surface area (Å²) in [6.07, 6.45) is 0.423. The van der Waals surface area contributed by atoms with Gasteiger partial charge in [0.05, 0.1) is 13.2 Å². The average molecular weight is 426 g/mol. The number of hydrogen-bond acceptors (Lipinski definition) is 7. The first-order valence-electron chi connectivity index (χ1n) is 10.2. The van der Waals surface area contributed by atoms with Crippen molar-refractivity contribution >= 4 is 29.0 Å². The molecule has 1 amide bonds. The molecular weight excluding hydrogens is 400 g/mol. The van der Waals surface area contributed by atoms with Crippen LogP contribution in [0.25, 0.3) is 0 Å². The van der Waals surface area contributed by atoms with E-state index in [0.717, 1.165) is 18.8 Å². The van der Waals surface area contributed by atoms with Crippen LogP contribution in [-0.2, 0) is 19.1 Å². The predicted molar refractivity (Wildman–Crippen MR) is 116 cm³/mol. The Kier molecular flexibility index (Phi) is 8.00. The van der Waals surface area contributed by atoms with Gasteiger partial charge >= 0.3 is 5.97 Å². The lowest BCUT2D eigenvalue weighted by Crippen LogP contribution is -2.36. The molecule has 0 radical (unpaired) electrons. The van der Waals surface area contributed by atoms with Gasteiger partial charge in [0.1, 0.15) is 5.75 Å². The van der Waals surface area contributed by atoms with Crippen LogP contribution in [0, 0.1) is 0 Å². The summed E-state index contributed by atoms with van der Waals surface area (Å²) in [6, 6.07) is 14.0. The van der Waals surface area contributed by atoms with E-state index in [-0.39, 0.29) is 12.4 Å². The summed E-state index contributed by atoms with van der Waals surface area (Å²) in [4.78, 5) is 37.7. The minimum atomic E-state index is -0.661. The molecule has 8 heteroatoms. The molecule has 0 atom stereocenters. The smallest absolute Gasteiger partial charge is 0.344 e. The van der Waals surface area contributed by atoms with Gasteiger partial charge in [-0.15, -0.1) is 0 Å². The zero-order chi connectivity index (χ0) is 22.1. The molecule has 1 aliphatic rings. The molecule has 1 aliphatic heterocycles. The monoisotopic (exact) mass is 426 g/mol. The van der Waals surface area contributed by atoms with E-state index < -0.39 is 18.5 Å². The van der Waals surface area contributed by atoms with E-state index in [4.69, 9.17) is 14.2 Å². The summed E-state index contributed by atoms with van der Waals surface area (Å²) in [5.74, 6) is -0.622. The summed E-state index contributed by atoms with van der Waals surface area (Å²) >= 11 is 0. The first kappa shape index (κ1) is 22.3. The number of amides is 1. The van der Waals surface area contributed by atoms with E-state index >= 15 is 0 Å². The molecule has 164 valence electrons. The molecule has 31 heavy (non-hydrogen) atoms. The first-order valence-corrected chi connectivity index (χ1v) is 10.2. The molecule has 2 aromatic carbocycles. The number of benzene rings is 2. The predicted octanol–water partition coefficient (Wildman–Crippen LogP) is 2.68. The number of ketones is 1. The minimum Gasteiger partial charge on any atom is -0.482 e. The van der Waals surface area contributed by atoms with Crippen molar-refractivity contribution in [3.05, 3.63) is 54.1 Å². The summed E-state index contributed by atoms with van der Waals surface area (Å²) in [7, 11) is 0. The van der Waals surface area contributed by atoms with Crippen molar-refractivity contribution in [3.8, 4) is 5.75 Å². The summed E-state index contributed by atoms with van der Waals surface area (Å²) in [6.45, 7) is 4.14. The topological polar surface area (TPSA) is 94.2 Å². The van der Waals surface area contributed by atoms with Crippen LogP contribution in [0.2, 0.25) is 0 Å². The average Bonchev–Trinajstić information content (AvgIpc) is 2.82. The normalized spacial score (nSPS) is 13.4. The lowest BCUT2D eigenvalue weighted by Gasteiger charge is -2.28. The van der Waals surface area contributed by atoms with Gasteiger partial charge in [-0.2, -0.15) is 0 Å². The van der Waals surface area contributed by atoms with Gasteiger partial charge < -0.3 is 24.4 Å². The second kappa shape index (κ2) is 11.1. The van der Waals surface area contributed by atoms with Crippen LogP contribution in [0.4, 0.5) is 11.4 Å². The van der Waals surface area contributed by atoms with E-state index in [1.54, 1.807) is 43.3 Å². The molecule has 0 spiro atoms. The maximum atomic E-state index is 12.0. The lowest BCUT2D eigenvalue weighted by atomic mass is 10.1. The number of carbonyl (C=O) groups excluding carboxylic acids is 3. The quantitative estimate of drug-likeness (QED) is 0.487. The van der Waals surface area contributed by atoms with Gasteiger partial charge in [-0.3, -0.25) is 9.59 Å². The third-order valence-electron chi connectivity index (χ3n) is 4.75. The fourth-order valence-electron chi connectivity index (χ4n) is 3.05. The number of ether oxygens (including phenoxy) is 3. The maximum Gasteiger partial charge on any atom is 0.344 e. The zero-order valence-corrected chi connectivity index (χ0v) is 17.5. The Labute approximate surface area is 181 Å². The third-order valence-corrected chi connectivity index (χ3v) is 4.75. The van der Waals surface area contributed by atoms with Gasteiger partial charge in [0.15, 0.2) is 19.0 Å². The summed E-state index contributed by atoms with van der Waals surface area (Å²) < 4.78 is 15.6. The van der Waals surface area contributed by atoms with Crippen LogP contribution in [-0.4, -0.2) is 57.2 Å². The molecule has 1 N–H and O–H groups in total. The fourth-order valence-corrected chi connectivity index (χ4v) is 3.05. The molecule has 1 heterocycles. The molecular formula is C23H26N2O6. The van der Waals surface area contributed by atoms with Crippen molar-refractivity contribution in [2.75, 3.05) is 49.7 Å². The summed E-state index contributed by atoms with van der Waals surface area (Å²) in [5, 5.41) is 2.69. The lowest BCUT2D eigenvalue weighted by molar-refractivity contribution is -0.149. The number of anilines is 2. The number of esters is 1. The minimum absolute atomic E-state index is 0.0349. The van der Waals surface area contributed by atoms with Crippen molar-refractivity contribution in [2.45, 2.75) is 13.3 Å².